The number of carbonyl (C=O) groups is 2. The van der Waals surface area contributed by atoms with E-state index >= 15 is 0 Å². The van der Waals surface area contributed by atoms with Gasteiger partial charge in [0.2, 0.25) is 11.8 Å². The second-order valence-corrected chi connectivity index (χ2v) is 12.3. The van der Waals surface area contributed by atoms with Gasteiger partial charge in [0.15, 0.2) is 0 Å². The van der Waals surface area contributed by atoms with E-state index in [9.17, 15) is 18.0 Å². The van der Waals surface area contributed by atoms with Crippen molar-refractivity contribution in [2.45, 2.75) is 64.9 Å². The molecule has 0 saturated carbocycles. The summed E-state index contributed by atoms with van der Waals surface area (Å²) in [4.78, 5) is 28.6. The zero-order valence-corrected chi connectivity index (χ0v) is 25.3. The lowest BCUT2D eigenvalue weighted by molar-refractivity contribution is -0.139. The lowest BCUT2D eigenvalue weighted by Crippen LogP contribution is -2.51. The first-order valence-corrected chi connectivity index (χ1v) is 15.2. The molecule has 0 aliphatic heterocycles. The van der Waals surface area contributed by atoms with Crippen LogP contribution in [0.25, 0.3) is 0 Å². The molecule has 1 atom stereocenters. The number of halogens is 1. The van der Waals surface area contributed by atoms with Crippen molar-refractivity contribution in [3.8, 4) is 0 Å². The summed E-state index contributed by atoms with van der Waals surface area (Å²) in [7, 11) is -4.16. The Bertz CT molecular complexity index is 1440. The molecule has 0 spiro atoms. The number of hydrogen-bond acceptors (Lipinski definition) is 4. The molecule has 3 aromatic carbocycles. The van der Waals surface area contributed by atoms with Crippen LogP contribution in [0.15, 0.2) is 71.6 Å². The Labute approximate surface area is 243 Å². The Balaban J connectivity index is 2.04. The third kappa shape index (κ3) is 7.64. The fourth-order valence-electron chi connectivity index (χ4n) is 4.34. The number of nitrogens with zero attached hydrogens (tertiary/aromatic N) is 2. The molecule has 1 unspecified atom stereocenters. The van der Waals surface area contributed by atoms with E-state index in [1.165, 1.54) is 17.0 Å². The molecule has 0 radical (unpaired) electrons. The van der Waals surface area contributed by atoms with Crippen molar-refractivity contribution in [2.24, 2.45) is 0 Å². The average molecular weight is 584 g/mol. The van der Waals surface area contributed by atoms with Crippen molar-refractivity contribution in [3.63, 3.8) is 0 Å². The maximum atomic E-state index is 14.0. The lowest BCUT2D eigenvalue weighted by Gasteiger charge is -2.32. The maximum Gasteiger partial charge on any atom is 0.264 e. The van der Waals surface area contributed by atoms with Crippen molar-refractivity contribution >= 4 is 39.1 Å². The number of benzene rings is 3. The van der Waals surface area contributed by atoms with Crippen LogP contribution in [-0.2, 0) is 26.2 Å². The largest absolute Gasteiger partial charge is 0.354 e. The normalized spacial score (nSPS) is 12.1. The van der Waals surface area contributed by atoms with Crippen molar-refractivity contribution in [1.29, 1.82) is 0 Å². The number of anilines is 1. The van der Waals surface area contributed by atoms with Gasteiger partial charge in [0.05, 0.1) is 10.6 Å². The predicted molar refractivity (Wildman–Crippen MR) is 161 cm³/mol. The number of amides is 2. The molecule has 0 aromatic heterocycles. The van der Waals surface area contributed by atoms with Gasteiger partial charge in [0.25, 0.3) is 10.0 Å². The van der Waals surface area contributed by atoms with Crippen molar-refractivity contribution in [2.75, 3.05) is 17.4 Å². The predicted octanol–water partition coefficient (Wildman–Crippen LogP) is 5.79. The Morgan fingerprint density at radius 3 is 2.27 bits per heavy atom. The third-order valence-electron chi connectivity index (χ3n) is 6.83. The van der Waals surface area contributed by atoms with Crippen molar-refractivity contribution < 1.29 is 18.0 Å². The van der Waals surface area contributed by atoms with E-state index in [0.717, 1.165) is 33.8 Å². The Kier molecular flexibility index (Phi) is 10.8. The van der Waals surface area contributed by atoms with Gasteiger partial charge in [-0.1, -0.05) is 78.5 Å². The highest BCUT2D eigenvalue weighted by Crippen LogP contribution is 2.31. The number of sulfonamides is 1. The number of hydrogen-bond donors (Lipinski definition) is 1. The molecule has 0 aliphatic carbocycles. The summed E-state index contributed by atoms with van der Waals surface area (Å²) in [6.45, 7) is 9.38. The van der Waals surface area contributed by atoms with Crippen LogP contribution in [0.2, 0.25) is 5.02 Å². The highest BCUT2D eigenvalue weighted by atomic mass is 35.5. The van der Waals surface area contributed by atoms with E-state index in [-0.39, 0.29) is 17.3 Å². The topological polar surface area (TPSA) is 86.8 Å². The van der Waals surface area contributed by atoms with Gasteiger partial charge in [0, 0.05) is 18.1 Å². The number of unbranched alkanes of at least 4 members (excludes halogenated alkanes) is 1. The van der Waals surface area contributed by atoms with E-state index in [4.69, 9.17) is 11.6 Å². The summed E-state index contributed by atoms with van der Waals surface area (Å²) in [5.41, 5.74) is 3.60. The quantitative estimate of drug-likeness (QED) is 0.273. The minimum Gasteiger partial charge on any atom is -0.354 e. The van der Waals surface area contributed by atoms with Crippen molar-refractivity contribution in [3.05, 3.63) is 94.0 Å². The number of carbonyl (C=O) groups excluding carboxylic acids is 2. The van der Waals surface area contributed by atoms with E-state index in [2.05, 4.69) is 5.32 Å². The molecule has 0 aliphatic rings. The smallest absolute Gasteiger partial charge is 0.264 e. The van der Waals surface area contributed by atoms with Crippen molar-refractivity contribution in [1.82, 2.24) is 10.2 Å². The van der Waals surface area contributed by atoms with Crippen LogP contribution in [0.5, 0.6) is 0 Å². The van der Waals surface area contributed by atoms with Gasteiger partial charge >= 0.3 is 0 Å². The van der Waals surface area contributed by atoms with Gasteiger partial charge in [-0.15, -0.1) is 0 Å². The molecular formula is C31H38ClN3O4S. The second kappa shape index (κ2) is 13.8. The summed E-state index contributed by atoms with van der Waals surface area (Å²) in [6, 6.07) is 18.3. The van der Waals surface area contributed by atoms with E-state index < -0.39 is 28.5 Å². The minimum atomic E-state index is -4.16. The summed E-state index contributed by atoms with van der Waals surface area (Å²) < 4.78 is 29.0. The van der Waals surface area contributed by atoms with Gasteiger partial charge in [-0.2, -0.15) is 0 Å². The van der Waals surface area contributed by atoms with E-state index in [1.54, 1.807) is 44.2 Å². The SMILES string of the molecule is CCCCNC(=O)C(C)N(Cc1cccc(C)c1)C(=O)CN(c1cccc(Cl)c1C)S(=O)(=O)c1ccc(C)cc1. The summed E-state index contributed by atoms with van der Waals surface area (Å²) in [5.74, 6) is -0.795. The molecule has 2 amide bonds. The van der Waals surface area contributed by atoms with Crippen LogP contribution in [0, 0.1) is 20.8 Å². The molecule has 3 rings (SSSR count). The van der Waals surface area contributed by atoms with Crippen LogP contribution in [0.1, 0.15) is 48.9 Å². The van der Waals surface area contributed by atoms with Crippen LogP contribution >= 0.6 is 11.6 Å². The zero-order chi connectivity index (χ0) is 29.4. The number of nitrogens with one attached hydrogen (secondary N) is 1. The molecule has 40 heavy (non-hydrogen) atoms. The van der Waals surface area contributed by atoms with Gasteiger partial charge < -0.3 is 10.2 Å². The summed E-state index contributed by atoms with van der Waals surface area (Å²) in [5, 5.41) is 3.28. The van der Waals surface area contributed by atoms with Gasteiger partial charge in [0.1, 0.15) is 12.6 Å². The summed E-state index contributed by atoms with van der Waals surface area (Å²) in [6.07, 6.45) is 1.74. The molecule has 9 heteroatoms. The molecule has 3 aromatic rings. The van der Waals surface area contributed by atoms with E-state index in [0.29, 0.717) is 22.8 Å². The Morgan fingerprint density at radius 1 is 0.950 bits per heavy atom. The minimum absolute atomic E-state index is 0.0564. The Hall–Kier alpha value is -3.36. The van der Waals surface area contributed by atoms with E-state index in [1.807, 2.05) is 45.0 Å². The highest BCUT2D eigenvalue weighted by Gasteiger charge is 2.33. The second-order valence-electron chi connectivity index (χ2n) is 10.0. The van der Waals surface area contributed by atoms with Gasteiger partial charge in [-0.05, 0) is 69.5 Å². The standard InChI is InChI=1S/C31H38ClN3O4S/c1-6-7-18-33-31(37)25(5)34(20-26-11-8-10-23(3)19-26)30(36)21-35(29-13-9-12-28(32)24(29)4)40(38,39)27-16-14-22(2)15-17-27/h8-17,19,25H,6-7,18,20-21H2,1-5H3,(H,33,37). The third-order valence-corrected chi connectivity index (χ3v) is 9.01. The van der Waals surface area contributed by atoms with Crippen LogP contribution in [-0.4, -0.2) is 44.3 Å². The molecular weight excluding hydrogens is 546 g/mol. The zero-order valence-electron chi connectivity index (χ0n) is 23.8. The molecule has 0 heterocycles. The molecule has 0 saturated heterocycles. The first-order valence-electron chi connectivity index (χ1n) is 13.4. The molecule has 7 nitrogen and oxygen atoms in total. The Morgan fingerprint density at radius 2 is 1.62 bits per heavy atom. The molecule has 1 N–H and O–H groups in total. The highest BCUT2D eigenvalue weighted by molar-refractivity contribution is 7.92. The van der Waals surface area contributed by atoms with Crippen LogP contribution in [0.3, 0.4) is 0 Å². The molecule has 214 valence electrons. The molecule has 0 bridgehead atoms. The first-order chi connectivity index (χ1) is 18.9. The fourth-order valence-corrected chi connectivity index (χ4v) is 5.98. The van der Waals surface area contributed by atoms with Crippen LogP contribution < -0.4 is 9.62 Å². The first kappa shape index (κ1) is 31.2. The fraction of sp³-hybridized carbons (Fsp3) is 0.355. The molecule has 0 fully saturated rings. The monoisotopic (exact) mass is 583 g/mol. The number of aryl methyl sites for hydroxylation is 2. The summed E-state index contributed by atoms with van der Waals surface area (Å²) >= 11 is 6.38. The average Bonchev–Trinajstić information content (AvgIpc) is 2.92. The van der Waals surface area contributed by atoms with Crippen LogP contribution in [0.4, 0.5) is 5.69 Å². The maximum absolute atomic E-state index is 14.0. The lowest BCUT2D eigenvalue weighted by atomic mass is 10.1. The van der Waals surface area contributed by atoms with Gasteiger partial charge in [-0.3, -0.25) is 13.9 Å². The number of rotatable bonds is 12. The van der Waals surface area contributed by atoms with Gasteiger partial charge in [-0.25, -0.2) is 8.42 Å².